The number of benzene rings is 1. The molecule has 0 saturated heterocycles. The number of aliphatic carboxylic acids is 1. The molecule has 20 heavy (non-hydrogen) atoms. The third-order valence-electron chi connectivity index (χ3n) is 2.67. The molecule has 4 nitrogen and oxygen atoms in total. The second-order valence-electron chi connectivity index (χ2n) is 4.12. The summed E-state index contributed by atoms with van der Waals surface area (Å²) in [5.74, 6) is -1.55. The van der Waals surface area contributed by atoms with Gasteiger partial charge in [0.05, 0.1) is 17.7 Å². The maximum absolute atomic E-state index is 12.9. The zero-order chi connectivity index (χ0) is 15.5. The fourth-order valence-electron chi connectivity index (χ4n) is 1.69. The van der Waals surface area contributed by atoms with Gasteiger partial charge in [-0.05, 0) is 24.1 Å². The third kappa shape index (κ3) is 4.01. The second-order valence-corrected chi connectivity index (χ2v) is 4.53. The van der Waals surface area contributed by atoms with E-state index in [1.165, 1.54) is 6.07 Å². The molecule has 1 rings (SSSR count). The van der Waals surface area contributed by atoms with Crippen molar-refractivity contribution in [2.45, 2.75) is 25.1 Å². The van der Waals surface area contributed by atoms with Crippen LogP contribution >= 0.6 is 11.6 Å². The second kappa shape index (κ2) is 6.32. The summed E-state index contributed by atoms with van der Waals surface area (Å²) in [6.45, 7) is 0. The van der Waals surface area contributed by atoms with Gasteiger partial charge in [0.15, 0.2) is 0 Å². The van der Waals surface area contributed by atoms with E-state index in [0.717, 1.165) is 13.2 Å². The molecule has 0 radical (unpaired) electrons. The minimum absolute atomic E-state index is 0.00921. The van der Waals surface area contributed by atoms with Crippen LogP contribution in [0.4, 0.5) is 13.2 Å². The van der Waals surface area contributed by atoms with E-state index in [1.807, 2.05) is 0 Å². The highest BCUT2D eigenvalue weighted by molar-refractivity contribution is 6.32. The number of alkyl halides is 3. The van der Waals surface area contributed by atoms with E-state index in [-0.39, 0.29) is 23.4 Å². The summed E-state index contributed by atoms with van der Waals surface area (Å²) >= 11 is 5.75. The van der Waals surface area contributed by atoms with Crippen LogP contribution in [0.1, 0.15) is 30.0 Å². The molecule has 0 heterocycles. The first-order valence-corrected chi connectivity index (χ1v) is 5.96. The van der Waals surface area contributed by atoms with Crippen LogP contribution in [-0.4, -0.2) is 18.2 Å². The summed E-state index contributed by atoms with van der Waals surface area (Å²) < 4.78 is 43.3. The van der Waals surface area contributed by atoms with Gasteiger partial charge in [-0.2, -0.15) is 13.2 Å². The van der Waals surface area contributed by atoms with Crippen LogP contribution in [0.3, 0.4) is 0 Å². The van der Waals surface area contributed by atoms with Crippen molar-refractivity contribution in [3.8, 4) is 5.75 Å². The number of hydrogen-bond donors (Lipinski definition) is 2. The number of carboxylic acids is 1. The Labute approximate surface area is 118 Å². The van der Waals surface area contributed by atoms with Crippen LogP contribution in [0.15, 0.2) is 12.1 Å². The molecule has 112 valence electrons. The predicted octanol–water partition coefficient (Wildman–Crippen LogP) is 3.23. The maximum Gasteiger partial charge on any atom is 0.420 e. The van der Waals surface area contributed by atoms with Crippen LogP contribution in [0, 0.1) is 0 Å². The van der Waals surface area contributed by atoms with Gasteiger partial charge >= 0.3 is 12.1 Å². The van der Waals surface area contributed by atoms with Crippen molar-refractivity contribution >= 4 is 17.6 Å². The van der Waals surface area contributed by atoms with Gasteiger partial charge in [0.1, 0.15) is 5.75 Å². The summed E-state index contributed by atoms with van der Waals surface area (Å²) in [5, 5.41) is 8.33. The molecule has 1 aromatic carbocycles. The highest BCUT2D eigenvalue weighted by Gasteiger charge is 2.36. The topological polar surface area (TPSA) is 72.5 Å². The van der Waals surface area contributed by atoms with Crippen molar-refractivity contribution in [1.82, 2.24) is 0 Å². The number of hydrogen-bond acceptors (Lipinski definition) is 3. The van der Waals surface area contributed by atoms with Gasteiger partial charge in [0.2, 0.25) is 0 Å². The molecule has 0 aliphatic carbocycles. The molecule has 0 spiro atoms. The molecule has 8 heteroatoms. The van der Waals surface area contributed by atoms with Crippen molar-refractivity contribution in [2.24, 2.45) is 5.73 Å². The summed E-state index contributed by atoms with van der Waals surface area (Å²) in [6.07, 6.45) is -4.88. The summed E-state index contributed by atoms with van der Waals surface area (Å²) in [7, 11) is 1.08. The molecule has 0 fully saturated rings. The van der Waals surface area contributed by atoms with Gasteiger partial charge in [-0.15, -0.1) is 0 Å². The summed E-state index contributed by atoms with van der Waals surface area (Å²) in [4.78, 5) is 10.4. The van der Waals surface area contributed by atoms with Crippen molar-refractivity contribution < 1.29 is 27.8 Å². The molecule has 1 unspecified atom stereocenters. The zero-order valence-electron chi connectivity index (χ0n) is 10.5. The van der Waals surface area contributed by atoms with Gasteiger partial charge in [0.25, 0.3) is 0 Å². The Morgan fingerprint density at radius 1 is 1.50 bits per heavy atom. The molecule has 1 aromatic rings. The number of halogens is 4. The summed E-state index contributed by atoms with van der Waals surface area (Å²) in [6, 6.07) is 1.23. The van der Waals surface area contributed by atoms with Crippen molar-refractivity contribution in [3.63, 3.8) is 0 Å². The number of methoxy groups -OCH3 is 1. The van der Waals surface area contributed by atoms with E-state index >= 15 is 0 Å². The standard InChI is InChI=1S/C12H13ClF3NO3/c1-20-11-7(12(14,15)16)4-6(5-8(11)13)9(17)2-3-10(18)19/h4-5,9H,2-3,17H2,1H3,(H,18,19). The first-order chi connectivity index (χ1) is 9.16. The zero-order valence-corrected chi connectivity index (χ0v) is 11.3. The Hall–Kier alpha value is -1.47. The Morgan fingerprint density at radius 3 is 2.55 bits per heavy atom. The lowest BCUT2D eigenvalue weighted by Gasteiger charge is -2.18. The van der Waals surface area contributed by atoms with Gasteiger partial charge in [0, 0.05) is 12.5 Å². The highest BCUT2D eigenvalue weighted by atomic mass is 35.5. The Morgan fingerprint density at radius 2 is 2.10 bits per heavy atom. The number of ether oxygens (including phenoxy) is 1. The van der Waals surface area contributed by atoms with E-state index in [2.05, 4.69) is 4.74 Å². The quantitative estimate of drug-likeness (QED) is 0.875. The molecule has 0 aliphatic rings. The van der Waals surface area contributed by atoms with Crippen LogP contribution in [0.2, 0.25) is 5.02 Å². The molecular weight excluding hydrogens is 299 g/mol. The van der Waals surface area contributed by atoms with Gasteiger partial charge in [-0.1, -0.05) is 11.6 Å². The highest BCUT2D eigenvalue weighted by Crippen LogP contribution is 2.42. The smallest absolute Gasteiger partial charge is 0.420 e. The molecule has 0 aromatic heterocycles. The predicted molar refractivity (Wildman–Crippen MR) is 66.8 cm³/mol. The SMILES string of the molecule is COc1c(Cl)cc(C(N)CCC(=O)O)cc1C(F)(F)F. The lowest BCUT2D eigenvalue weighted by Crippen LogP contribution is -2.15. The van der Waals surface area contributed by atoms with Gasteiger partial charge in [-0.3, -0.25) is 4.79 Å². The number of carbonyl (C=O) groups is 1. The van der Waals surface area contributed by atoms with E-state index in [9.17, 15) is 18.0 Å². The average Bonchev–Trinajstić information content (AvgIpc) is 2.33. The molecule has 1 atom stereocenters. The monoisotopic (exact) mass is 311 g/mol. The number of carboxylic acid groups (broad SMARTS) is 1. The van der Waals surface area contributed by atoms with Crippen LogP contribution < -0.4 is 10.5 Å². The first kappa shape index (κ1) is 16.6. The first-order valence-electron chi connectivity index (χ1n) is 5.58. The van der Waals surface area contributed by atoms with Crippen LogP contribution in [0.5, 0.6) is 5.75 Å². The number of nitrogens with two attached hydrogens (primary N) is 1. The van der Waals surface area contributed by atoms with E-state index in [1.54, 1.807) is 0 Å². The third-order valence-corrected chi connectivity index (χ3v) is 2.95. The molecule has 0 saturated carbocycles. The Kier molecular flexibility index (Phi) is 5.24. The van der Waals surface area contributed by atoms with Crippen molar-refractivity contribution in [1.29, 1.82) is 0 Å². The average molecular weight is 312 g/mol. The van der Waals surface area contributed by atoms with E-state index in [4.69, 9.17) is 22.4 Å². The normalized spacial score (nSPS) is 13.1. The summed E-state index contributed by atoms with van der Waals surface area (Å²) in [5.41, 5.74) is 4.77. The largest absolute Gasteiger partial charge is 0.495 e. The van der Waals surface area contributed by atoms with Crippen molar-refractivity contribution in [3.05, 3.63) is 28.3 Å². The number of rotatable bonds is 5. The fourth-order valence-corrected chi connectivity index (χ4v) is 2.00. The molecule has 0 bridgehead atoms. The minimum atomic E-state index is -4.64. The minimum Gasteiger partial charge on any atom is -0.495 e. The Balaban J connectivity index is 3.17. The van der Waals surface area contributed by atoms with Crippen molar-refractivity contribution in [2.75, 3.05) is 7.11 Å². The maximum atomic E-state index is 12.9. The molecular formula is C12H13ClF3NO3. The van der Waals surface area contributed by atoms with Gasteiger partial charge in [-0.25, -0.2) is 0 Å². The van der Waals surface area contributed by atoms with E-state index in [0.29, 0.717) is 0 Å². The molecule has 0 amide bonds. The van der Waals surface area contributed by atoms with E-state index < -0.39 is 29.5 Å². The van der Waals surface area contributed by atoms with Crippen LogP contribution in [0.25, 0.3) is 0 Å². The molecule has 3 N–H and O–H groups in total. The van der Waals surface area contributed by atoms with Gasteiger partial charge < -0.3 is 15.6 Å². The fraction of sp³-hybridized carbons (Fsp3) is 0.417. The molecule has 0 aliphatic heterocycles. The lowest BCUT2D eigenvalue weighted by molar-refractivity contribution is -0.139. The van der Waals surface area contributed by atoms with Crippen LogP contribution in [-0.2, 0) is 11.0 Å². The Bertz CT molecular complexity index is 505. The lowest BCUT2D eigenvalue weighted by atomic mass is 9.99.